The fraction of sp³-hybridized carbons (Fsp3) is 0.143. The van der Waals surface area contributed by atoms with E-state index in [9.17, 15) is 24.2 Å². The van der Waals surface area contributed by atoms with Crippen molar-refractivity contribution in [3.8, 4) is 0 Å². The summed E-state index contributed by atoms with van der Waals surface area (Å²) < 4.78 is 14.4. The monoisotopic (exact) mass is 367 g/mol. The summed E-state index contributed by atoms with van der Waals surface area (Å²) in [5.74, 6) is -2.74. The summed E-state index contributed by atoms with van der Waals surface area (Å²) in [5, 5.41) is 19.5. The molecule has 2 N–H and O–H groups in total. The Hall–Kier alpha value is -3.25. The van der Waals surface area contributed by atoms with E-state index >= 15 is 0 Å². The van der Waals surface area contributed by atoms with E-state index in [1.165, 1.54) is 24.3 Å². The average Bonchev–Trinajstić information content (AvgIpc) is 2.92. The van der Waals surface area contributed by atoms with Crippen LogP contribution in [-0.2, 0) is 9.59 Å². The van der Waals surface area contributed by atoms with Crippen molar-refractivity contribution in [3.63, 3.8) is 0 Å². The van der Waals surface area contributed by atoms with Crippen LogP contribution < -0.4 is 0 Å². The zero-order valence-corrected chi connectivity index (χ0v) is 14.4. The van der Waals surface area contributed by atoms with Crippen LogP contribution >= 0.6 is 0 Å². The van der Waals surface area contributed by atoms with Crippen molar-refractivity contribution >= 4 is 17.8 Å². The van der Waals surface area contributed by atoms with Crippen LogP contribution in [0, 0.1) is 5.82 Å². The molecule has 1 amide bonds. The number of hydrogen-bond donors (Lipinski definition) is 2. The van der Waals surface area contributed by atoms with Gasteiger partial charge in [0.2, 0.25) is 0 Å². The van der Waals surface area contributed by atoms with Crippen LogP contribution in [0.5, 0.6) is 0 Å². The number of aliphatic hydroxyl groups is 2. The summed E-state index contributed by atoms with van der Waals surface area (Å²) in [6.45, 7) is -0.521. The van der Waals surface area contributed by atoms with Crippen LogP contribution in [0.1, 0.15) is 17.2 Å². The molecule has 0 spiro atoms. The molecule has 0 radical (unpaired) electrons. The highest BCUT2D eigenvalue weighted by Gasteiger charge is 2.43. The van der Waals surface area contributed by atoms with Crippen molar-refractivity contribution in [1.82, 2.24) is 4.90 Å². The van der Waals surface area contributed by atoms with Gasteiger partial charge >= 0.3 is 0 Å². The van der Waals surface area contributed by atoms with Gasteiger partial charge in [-0.25, -0.2) is 4.39 Å². The van der Waals surface area contributed by atoms with Crippen LogP contribution in [0.25, 0.3) is 6.08 Å². The molecule has 3 rings (SSSR count). The fourth-order valence-electron chi connectivity index (χ4n) is 3.09. The Morgan fingerprint density at radius 1 is 1.11 bits per heavy atom. The van der Waals surface area contributed by atoms with Gasteiger partial charge in [-0.1, -0.05) is 54.6 Å². The van der Waals surface area contributed by atoms with Crippen LogP contribution in [0.4, 0.5) is 4.39 Å². The third-order valence-electron chi connectivity index (χ3n) is 4.34. The summed E-state index contributed by atoms with van der Waals surface area (Å²) >= 11 is 0. The van der Waals surface area contributed by atoms with Crippen molar-refractivity contribution < 1.29 is 24.2 Å². The number of halogens is 1. The standard InChI is InChI=1S/C21H18FNO4/c22-16-9-5-4-8-15(16)19-18(20(26)21(27)23(19)12-13-24)17(25)11-10-14-6-2-1-3-7-14/h1-11,19,24,26H,12-13H2/b11-10+. The summed E-state index contributed by atoms with van der Waals surface area (Å²) in [4.78, 5) is 26.2. The highest BCUT2D eigenvalue weighted by molar-refractivity contribution is 6.14. The number of carbonyl (C=O) groups is 2. The van der Waals surface area contributed by atoms with E-state index in [1.807, 2.05) is 18.2 Å². The Balaban J connectivity index is 2.02. The summed E-state index contributed by atoms with van der Waals surface area (Å²) in [6, 6.07) is 13.7. The van der Waals surface area contributed by atoms with E-state index in [4.69, 9.17) is 0 Å². The van der Waals surface area contributed by atoms with E-state index in [2.05, 4.69) is 0 Å². The predicted molar refractivity (Wildman–Crippen MR) is 98.1 cm³/mol. The van der Waals surface area contributed by atoms with Crippen LogP contribution in [0.15, 0.2) is 72.0 Å². The zero-order valence-electron chi connectivity index (χ0n) is 14.4. The summed E-state index contributed by atoms with van der Waals surface area (Å²) in [5.41, 5.74) is 0.649. The second-order valence-corrected chi connectivity index (χ2v) is 6.02. The van der Waals surface area contributed by atoms with Gasteiger partial charge in [-0.3, -0.25) is 9.59 Å². The molecular weight excluding hydrogens is 349 g/mol. The van der Waals surface area contributed by atoms with Crippen molar-refractivity contribution in [2.45, 2.75) is 6.04 Å². The molecule has 0 aliphatic carbocycles. The lowest BCUT2D eigenvalue weighted by Gasteiger charge is -2.26. The molecule has 0 saturated heterocycles. The van der Waals surface area contributed by atoms with Crippen molar-refractivity contribution in [3.05, 3.63) is 88.9 Å². The maximum atomic E-state index is 14.4. The van der Waals surface area contributed by atoms with Crippen LogP contribution in [0.3, 0.4) is 0 Å². The number of rotatable bonds is 6. The lowest BCUT2D eigenvalue weighted by atomic mass is 9.95. The minimum atomic E-state index is -1.10. The number of carbonyl (C=O) groups excluding carboxylic acids is 2. The molecular formula is C21H18FNO4. The highest BCUT2D eigenvalue weighted by Crippen LogP contribution is 2.38. The topological polar surface area (TPSA) is 77.8 Å². The Bertz CT molecular complexity index is 921. The minimum absolute atomic E-state index is 0.0832. The molecule has 1 aliphatic rings. The van der Waals surface area contributed by atoms with Crippen LogP contribution in [0.2, 0.25) is 0 Å². The highest BCUT2D eigenvalue weighted by atomic mass is 19.1. The molecule has 1 unspecified atom stereocenters. The Morgan fingerprint density at radius 3 is 2.44 bits per heavy atom. The first-order valence-corrected chi connectivity index (χ1v) is 8.41. The van der Waals surface area contributed by atoms with Crippen molar-refractivity contribution in [1.29, 1.82) is 0 Å². The van der Waals surface area contributed by atoms with Gasteiger partial charge in [0.1, 0.15) is 5.82 Å². The first-order valence-electron chi connectivity index (χ1n) is 8.41. The van der Waals surface area contributed by atoms with E-state index in [0.29, 0.717) is 0 Å². The Kier molecular flexibility index (Phi) is 5.47. The smallest absolute Gasteiger partial charge is 0.290 e. The molecule has 2 aromatic rings. The van der Waals surface area contributed by atoms with Crippen LogP contribution in [-0.4, -0.2) is 40.0 Å². The second kappa shape index (κ2) is 7.97. The van der Waals surface area contributed by atoms with E-state index < -0.39 is 29.3 Å². The van der Waals surface area contributed by atoms with Gasteiger partial charge in [0.25, 0.3) is 5.91 Å². The third-order valence-corrected chi connectivity index (χ3v) is 4.34. The third kappa shape index (κ3) is 3.66. The zero-order chi connectivity index (χ0) is 19.4. The largest absolute Gasteiger partial charge is 0.503 e. The van der Waals surface area contributed by atoms with Gasteiger partial charge in [0, 0.05) is 12.1 Å². The Labute approximate surface area is 155 Å². The van der Waals surface area contributed by atoms with E-state index in [-0.39, 0.29) is 24.3 Å². The first kappa shape index (κ1) is 18.5. The molecule has 1 atom stereocenters. The SMILES string of the molecule is O=C(/C=C/c1ccccc1)C1=C(O)C(=O)N(CCO)C1c1ccccc1F. The molecule has 0 aromatic heterocycles. The molecule has 0 fully saturated rings. The number of hydrogen-bond acceptors (Lipinski definition) is 4. The van der Waals surface area contributed by atoms with Crippen molar-refractivity contribution in [2.24, 2.45) is 0 Å². The molecule has 138 valence electrons. The predicted octanol–water partition coefficient (Wildman–Crippen LogP) is 2.80. The average molecular weight is 367 g/mol. The van der Waals surface area contributed by atoms with Gasteiger partial charge < -0.3 is 15.1 Å². The minimum Gasteiger partial charge on any atom is -0.503 e. The molecule has 1 aliphatic heterocycles. The van der Waals surface area contributed by atoms with E-state index in [1.54, 1.807) is 24.3 Å². The van der Waals surface area contributed by atoms with Crippen molar-refractivity contribution in [2.75, 3.05) is 13.2 Å². The molecule has 5 nitrogen and oxygen atoms in total. The van der Waals surface area contributed by atoms with Gasteiger partial charge in [0.15, 0.2) is 11.5 Å². The Morgan fingerprint density at radius 2 is 1.78 bits per heavy atom. The molecule has 6 heteroatoms. The molecule has 0 bridgehead atoms. The molecule has 2 aromatic carbocycles. The number of ketones is 1. The summed E-state index contributed by atoms with van der Waals surface area (Å²) in [6.07, 6.45) is 2.80. The number of benzene rings is 2. The molecule has 27 heavy (non-hydrogen) atoms. The number of aliphatic hydroxyl groups excluding tert-OH is 2. The maximum absolute atomic E-state index is 14.4. The second-order valence-electron chi connectivity index (χ2n) is 6.02. The first-order chi connectivity index (χ1) is 13.0. The molecule has 1 heterocycles. The van der Waals surface area contributed by atoms with Gasteiger partial charge in [-0.15, -0.1) is 0 Å². The maximum Gasteiger partial charge on any atom is 0.290 e. The summed E-state index contributed by atoms with van der Waals surface area (Å²) in [7, 11) is 0. The number of allylic oxidation sites excluding steroid dienone is 1. The van der Waals surface area contributed by atoms with Gasteiger partial charge in [-0.2, -0.15) is 0 Å². The molecule has 0 saturated carbocycles. The number of amides is 1. The number of nitrogens with zero attached hydrogens (tertiary/aromatic N) is 1. The quantitative estimate of drug-likeness (QED) is 0.770. The fourth-order valence-corrected chi connectivity index (χ4v) is 3.09. The lowest BCUT2D eigenvalue weighted by molar-refractivity contribution is -0.129. The van der Waals surface area contributed by atoms with E-state index in [0.717, 1.165) is 10.5 Å². The number of β-amino-alcohol motifs (C(OH)–C–C–N with tert-alkyl or cyclic N) is 1. The lowest BCUT2D eigenvalue weighted by Crippen LogP contribution is -2.33. The normalized spacial score (nSPS) is 17.2. The van der Waals surface area contributed by atoms with Gasteiger partial charge in [-0.05, 0) is 17.7 Å². The van der Waals surface area contributed by atoms with Gasteiger partial charge in [0.05, 0.1) is 18.2 Å².